The molecule has 41 heavy (non-hydrogen) atoms. The maximum Gasteiger partial charge on any atom is 0.335 e. The number of aliphatic hydroxyl groups is 1. The number of fused-ring (bicyclic) bond motifs is 3. The molecule has 2 aromatic carbocycles. The summed E-state index contributed by atoms with van der Waals surface area (Å²) in [6.45, 7) is -0.191. The Hall–Kier alpha value is -4.15. The summed E-state index contributed by atoms with van der Waals surface area (Å²) in [5.41, 5.74) is 2.13. The van der Waals surface area contributed by atoms with Gasteiger partial charge in [0.1, 0.15) is 12.4 Å². The van der Waals surface area contributed by atoms with E-state index in [4.69, 9.17) is 4.74 Å². The first kappa shape index (κ1) is 27.0. The van der Waals surface area contributed by atoms with E-state index in [0.29, 0.717) is 22.5 Å². The number of carbonyl (C=O) groups is 5. The minimum absolute atomic E-state index is 0.0263. The number of halogens is 1. The number of rotatable bonds is 6. The number of para-hydroxylation sites is 1. The van der Waals surface area contributed by atoms with Crippen LogP contribution in [-0.2, 0) is 19.2 Å². The van der Waals surface area contributed by atoms with E-state index in [2.05, 4.69) is 15.9 Å². The lowest BCUT2D eigenvalue weighted by Gasteiger charge is -2.42. The molecule has 1 saturated heterocycles. The molecule has 1 heterocycles. The van der Waals surface area contributed by atoms with Crippen LogP contribution in [0.15, 0.2) is 81.9 Å². The van der Waals surface area contributed by atoms with Gasteiger partial charge in [-0.1, -0.05) is 35.9 Å². The van der Waals surface area contributed by atoms with E-state index in [-0.39, 0.29) is 53.4 Å². The Morgan fingerprint density at radius 3 is 2.56 bits per heavy atom. The molecule has 1 fully saturated rings. The molecule has 9 nitrogen and oxygen atoms in total. The van der Waals surface area contributed by atoms with Gasteiger partial charge in [0.15, 0.2) is 11.6 Å². The number of carboxylic acid groups (broad SMARTS) is 1. The van der Waals surface area contributed by atoms with Crippen LogP contribution in [0.5, 0.6) is 5.75 Å². The molecule has 0 bridgehead atoms. The smallest absolute Gasteiger partial charge is 0.335 e. The molecule has 3 aliphatic carbocycles. The third-order valence-corrected chi connectivity index (χ3v) is 8.85. The van der Waals surface area contributed by atoms with Crippen molar-refractivity contribution in [2.24, 2.45) is 17.8 Å². The first-order valence-electron chi connectivity index (χ1n) is 13.2. The summed E-state index contributed by atoms with van der Waals surface area (Å²) < 4.78 is 5.94. The second-order valence-corrected chi connectivity index (χ2v) is 11.2. The van der Waals surface area contributed by atoms with Gasteiger partial charge in [0, 0.05) is 28.7 Å². The fraction of sp³-hybridized carbons (Fsp3) is 0.258. The van der Waals surface area contributed by atoms with Gasteiger partial charge in [-0.05, 0) is 59.0 Å². The number of amides is 2. The van der Waals surface area contributed by atoms with Crippen LogP contribution in [0.1, 0.15) is 34.7 Å². The molecule has 4 aliphatic rings. The predicted molar refractivity (Wildman–Crippen MR) is 149 cm³/mol. The first-order chi connectivity index (χ1) is 19.7. The number of ketones is 2. The van der Waals surface area contributed by atoms with Crippen molar-refractivity contribution in [3.8, 4) is 5.75 Å². The summed E-state index contributed by atoms with van der Waals surface area (Å²) >= 11 is 3.22. The lowest BCUT2D eigenvalue weighted by atomic mass is 9.59. The molecule has 208 valence electrons. The molecule has 2 amide bonds. The van der Waals surface area contributed by atoms with Crippen molar-refractivity contribution in [2.45, 2.75) is 18.8 Å². The summed E-state index contributed by atoms with van der Waals surface area (Å²) in [6.07, 6.45) is 3.51. The molecular weight excluding hydrogens is 594 g/mol. The molecule has 2 aromatic rings. The van der Waals surface area contributed by atoms with Crippen LogP contribution < -0.4 is 9.64 Å². The Morgan fingerprint density at radius 1 is 1.02 bits per heavy atom. The highest BCUT2D eigenvalue weighted by atomic mass is 79.9. The van der Waals surface area contributed by atoms with Crippen LogP contribution in [-0.4, -0.2) is 52.8 Å². The Labute approximate surface area is 242 Å². The molecule has 10 heteroatoms. The van der Waals surface area contributed by atoms with Gasteiger partial charge in [0.05, 0.1) is 34.2 Å². The zero-order chi connectivity index (χ0) is 29.0. The molecule has 0 radical (unpaired) electrons. The SMILES string of the molecule is O=C1C=C(Br)C(=O)C2=C1[C@@H](c1ccccc1OCCO)C1=CC[C@@H]3C(=O)N(c4cccc(C(=O)O)c4)C(=O)[C@@H]3[C@@H]1C2. The quantitative estimate of drug-likeness (QED) is 0.284. The summed E-state index contributed by atoms with van der Waals surface area (Å²) in [5.74, 6) is -5.03. The number of benzene rings is 2. The van der Waals surface area contributed by atoms with Crippen LogP contribution in [0.25, 0.3) is 0 Å². The van der Waals surface area contributed by atoms with Crippen molar-refractivity contribution in [1.29, 1.82) is 0 Å². The Bertz CT molecular complexity index is 1640. The molecule has 0 aromatic heterocycles. The predicted octanol–water partition coefficient (Wildman–Crippen LogP) is 3.72. The van der Waals surface area contributed by atoms with Crippen LogP contribution in [0.2, 0.25) is 0 Å². The highest BCUT2D eigenvalue weighted by molar-refractivity contribution is 9.12. The molecule has 4 atom stereocenters. The number of ether oxygens (including phenoxy) is 1. The normalized spacial score (nSPS) is 25.4. The summed E-state index contributed by atoms with van der Waals surface area (Å²) in [6, 6.07) is 12.8. The zero-order valence-corrected chi connectivity index (χ0v) is 23.2. The van der Waals surface area contributed by atoms with E-state index >= 15 is 0 Å². The van der Waals surface area contributed by atoms with Gasteiger partial charge < -0.3 is 14.9 Å². The average Bonchev–Trinajstić information content (AvgIpc) is 3.23. The van der Waals surface area contributed by atoms with Crippen molar-refractivity contribution in [3.63, 3.8) is 0 Å². The van der Waals surface area contributed by atoms with Gasteiger partial charge in [0.25, 0.3) is 0 Å². The highest BCUT2D eigenvalue weighted by Gasteiger charge is 2.57. The lowest BCUT2D eigenvalue weighted by molar-refractivity contribution is -0.123. The maximum atomic E-state index is 14.0. The molecule has 2 N–H and O–H groups in total. The number of carboxylic acids is 1. The minimum Gasteiger partial charge on any atom is -0.491 e. The number of aromatic carboxylic acids is 1. The van der Waals surface area contributed by atoms with E-state index in [1.807, 2.05) is 6.08 Å². The van der Waals surface area contributed by atoms with E-state index in [1.54, 1.807) is 24.3 Å². The number of aliphatic hydroxyl groups excluding tert-OH is 1. The number of Topliss-reactive ketones (excluding diaryl/α,β-unsaturated/α-hetero) is 1. The van der Waals surface area contributed by atoms with Gasteiger partial charge in [-0.25, -0.2) is 4.79 Å². The summed E-state index contributed by atoms with van der Waals surface area (Å²) in [4.78, 5) is 67.1. The molecule has 1 aliphatic heterocycles. The molecule has 0 unspecified atom stereocenters. The van der Waals surface area contributed by atoms with Gasteiger partial charge in [-0.3, -0.25) is 24.1 Å². The number of imide groups is 1. The zero-order valence-electron chi connectivity index (χ0n) is 21.6. The molecular formula is C31H24BrNO8. The van der Waals surface area contributed by atoms with Crippen LogP contribution in [0.4, 0.5) is 5.69 Å². The van der Waals surface area contributed by atoms with E-state index in [9.17, 15) is 34.2 Å². The van der Waals surface area contributed by atoms with E-state index in [0.717, 1.165) is 10.5 Å². The Morgan fingerprint density at radius 2 is 1.80 bits per heavy atom. The number of anilines is 1. The number of allylic oxidation sites excluding steroid dienone is 6. The second kappa shape index (κ2) is 10.4. The van der Waals surface area contributed by atoms with Crippen LogP contribution in [0.3, 0.4) is 0 Å². The number of hydrogen-bond acceptors (Lipinski definition) is 7. The van der Waals surface area contributed by atoms with Gasteiger partial charge in [0.2, 0.25) is 11.8 Å². The summed E-state index contributed by atoms with van der Waals surface area (Å²) in [5, 5.41) is 18.8. The molecule has 6 rings (SSSR count). The van der Waals surface area contributed by atoms with Gasteiger partial charge >= 0.3 is 5.97 Å². The molecule has 0 spiro atoms. The summed E-state index contributed by atoms with van der Waals surface area (Å²) in [7, 11) is 0. The fourth-order valence-electron chi connectivity index (χ4n) is 6.60. The topological polar surface area (TPSA) is 138 Å². The van der Waals surface area contributed by atoms with Crippen molar-refractivity contribution >= 4 is 51.0 Å². The third kappa shape index (κ3) is 4.29. The standard InChI is InChI=1S/C31H24BrNO8/c32-22-14-23(35)27-21(28(22)36)13-20-17(25(27)18-6-1-2-7-24(18)41-11-10-34)8-9-19-26(20)30(38)33(29(19)37)16-5-3-4-15(12-16)31(39)40/h1-8,12,14,19-20,25-26,34H,9-11,13H2,(H,39,40)/t19-,20+,25+,26-/m0/s1. The van der Waals surface area contributed by atoms with Gasteiger partial charge in [-0.2, -0.15) is 0 Å². The Balaban J connectivity index is 1.48. The highest BCUT2D eigenvalue weighted by Crippen LogP contribution is 2.56. The van der Waals surface area contributed by atoms with Crippen molar-refractivity contribution in [3.05, 3.63) is 93.0 Å². The van der Waals surface area contributed by atoms with Crippen LogP contribution >= 0.6 is 15.9 Å². The average molecular weight is 618 g/mol. The maximum absolute atomic E-state index is 14.0. The van der Waals surface area contributed by atoms with Gasteiger partial charge in [-0.15, -0.1) is 0 Å². The first-order valence-corrected chi connectivity index (χ1v) is 13.9. The number of hydrogen-bond donors (Lipinski definition) is 2. The van der Waals surface area contributed by atoms with Crippen LogP contribution in [0, 0.1) is 17.8 Å². The fourth-order valence-corrected chi connectivity index (χ4v) is 7.05. The van der Waals surface area contributed by atoms with Crippen molar-refractivity contribution < 1.29 is 38.9 Å². The molecule has 0 saturated carbocycles. The van der Waals surface area contributed by atoms with Crippen molar-refractivity contribution in [1.82, 2.24) is 0 Å². The van der Waals surface area contributed by atoms with E-state index < -0.39 is 41.5 Å². The van der Waals surface area contributed by atoms with Crippen molar-refractivity contribution in [2.75, 3.05) is 18.1 Å². The number of carbonyl (C=O) groups excluding carboxylic acids is 4. The Kier molecular flexibility index (Phi) is 6.83. The minimum atomic E-state index is -1.18. The number of nitrogens with zero attached hydrogens (tertiary/aromatic N) is 1. The lowest BCUT2D eigenvalue weighted by Crippen LogP contribution is -2.39. The second-order valence-electron chi connectivity index (χ2n) is 10.4. The van der Waals surface area contributed by atoms with E-state index in [1.165, 1.54) is 30.3 Å². The third-order valence-electron chi connectivity index (χ3n) is 8.26. The monoisotopic (exact) mass is 617 g/mol. The largest absolute Gasteiger partial charge is 0.491 e.